The van der Waals surface area contributed by atoms with E-state index in [9.17, 15) is 53.7 Å². The van der Waals surface area contributed by atoms with Gasteiger partial charge in [-0.15, -0.1) is 0 Å². The largest absolute Gasteiger partial charge is 0.481 e. The van der Waals surface area contributed by atoms with Crippen molar-refractivity contribution in [2.45, 2.75) is 55.3 Å². The van der Waals surface area contributed by atoms with Gasteiger partial charge >= 0.3 is 23.5 Å². The van der Waals surface area contributed by atoms with Crippen molar-refractivity contribution in [3.8, 4) is 0 Å². The van der Waals surface area contributed by atoms with E-state index in [0.717, 1.165) is 0 Å². The van der Waals surface area contributed by atoms with Gasteiger partial charge in [-0.1, -0.05) is 0 Å². The lowest BCUT2D eigenvalue weighted by atomic mass is 10.1. The second kappa shape index (κ2) is 12.0. The van der Waals surface area contributed by atoms with Crippen LogP contribution < -0.4 is 16.4 Å². The van der Waals surface area contributed by atoms with E-state index in [1.54, 1.807) is 0 Å². The Morgan fingerprint density at radius 2 is 1.57 bits per heavy atom. The molecular weight excluding hydrogens is 615 g/mol. The number of ether oxygens (including phenoxy) is 2. The number of nitrogens with zero attached hydrogens (tertiary/aromatic N) is 2. The molecule has 0 spiro atoms. The summed E-state index contributed by atoms with van der Waals surface area (Å²) in [6.45, 7) is -1.81. The van der Waals surface area contributed by atoms with Gasteiger partial charge in [0.15, 0.2) is 12.5 Å². The molecule has 3 aliphatic heterocycles. The molecule has 2 saturated heterocycles. The first-order chi connectivity index (χ1) is 18.5. The van der Waals surface area contributed by atoms with Crippen LogP contribution in [-0.4, -0.2) is 112 Å². The van der Waals surface area contributed by atoms with E-state index in [0.29, 0.717) is 5.69 Å². The highest BCUT2D eigenvalue weighted by atomic mass is 31.3. The summed E-state index contributed by atoms with van der Waals surface area (Å²) < 4.78 is 65.4. The number of hydrogen-bond donors (Lipinski definition) is 11. The Morgan fingerprint density at radius 1 is 0.975 bits per heavy atom. The van der Waals surface area contributed by atoms with E-state index in [4.69, 9.17) is 19.7 Å². The summed E-state index contributed by atoms with van der Waals surface area (Å²) in [5, 5.41) is 44.8. The molecule has 3 aliphatic rings. The third kappa shape index (κ3) is 7.33. The lowest BCUT2D eigenvalue weighted by Gasteiger charge is -2.26. The molecule has 0 aromatic carbocycles. The third-order valence-corrected chi connectivity index (χ3v) is 9.01. The summed E-state index contributed by atoms with van der Waals surface area (Å²) in [5.41, 5.74) is 6.21. The average Bonchev–Trinajstić information content (AvgIpc) is 3.47. The quantitative estimate of drug-likeness (QED) is 0.103. The fourth-order valence-electron chi connectivity index (χ4n) is 4.05. The summed E-state index contributed by atoms with van der Waals surface area (Å²) in [5.74, 6) is 0.259. The molecule has 4 rings (SSSR count). The van der Waals surface area contributed by atoms with Crippen LogP contribution in [0.5, 0.6) is 0 Å². The SMILES string of the molecule is NC1NCNc2c1ncn2C1OC(COP(=O)(O)OP(=O)(O)OCC2OC(O)C(O)C2O)C(O)C1OP(=O)(O)O. The van der Waals surface area contributed by atoms with Gasteiger partial charge in [0.05, 0.1) is 26.2 Å². The highest BCUT2D eigenvalue weighted by Gasteiger charge is 2.51. The topological polar surface area (TPSA) is 336 Å². The summed E-state index contributed by atoms with van der Waals surface area (Å²) in [6.07, 6.45) is -13.0. The van der Waals surface area contributed by atoms with Crippen molar-refractivity contribution < 1.29 is 81.1 Å². The number of imidazole rings is 1. The van der Waals surface area contributed by atoms with E-state index < -0.39 is 92.0 Å². The molecule has 12 N–H and O–H groups in total. The number of phosphoric acid groups is 3. The van der Waals surface area contributed by atoms with Crippen molar-refractivity contribution >= 4 is 29.3 Å². The molecule has 230 valence electrons. The molecule has 0 saturated carbocycles. The third-order valence-electron chi connectivity index (χ3n) is 5.89. The number of aromatic nitrogens is 2. The first-order valence-electron chi connectivity index (χ1n) is 11.2. The Hall–Kier alpha value is -0.940. The highest BCUT2D eigenvalue weighted by molar-refractivity contribution is 7.61. The standard InChI is InChI=1S/C15H28N5O17P3/c16-12-7-13(18-3-17-12)20(4-19-7)14-11(36-38(25,26)27)9(22)6(34-14)2-33-40(30,31)37-39(28,29)32-1-5-8(21)10(23)15(24)35-5/h4-6,8-12,14-15,17-18,21-24H,1-3,16H2,(H,28,29)(H,30,31)(H2,25,26,27). The monoisotopic (exact) mass is 643 g/mol. The van der Waals surface area contributed by atoms with Gasteiger partial charge in [-0.25, -0.2) is 18.7 Å². The minimum absolute atomic E-state index is 0.174. The van der Waals surface area contributed by atoms with Crippen LogP contribution >= 0.6 is 23.5 Å². The van der Waals surface area contributed by atoms with Crippen LogP contribution in [-0.2, 0) is 41.1 Å². The lowest BCUT2D eigenvalue weighted by Crippen LogP contribution is -2.39. The van der Waals surface area contributed by atoms with E-state index in [1.807, 2.05) is 0 Å². The number of nitrogens with two attached hydrogens (primary N) is 1. The molecule has 25 heteroatoms. The minimum atomic E-state index is -5.44. The Kier molecular flexibility index (Phi) is 9.58. The first-order valence-corrected chi connectivity index (χ1v) is 15.7. The van der Waals surface area contributed by atoms with Gasteiger partial charge in [-0.2, -0.15) is 4.31 Å². The molecule has 1 aromatic rings. The maximum atomic E-state index is 12.3. The van der Waals surface area contributed by atoms with Gasteiger partial charge < -0.3 is 60.5 Å². The minimum Gasteiger partial charge on any atom is -0.387 e. The Bertz CT molecular complexity index is 1200. The van der Waals surface area contributed by atoms with E-state index in [2.05, 4.69) is 29.0 Å². The molecule has 4 heterocycles. The molecule has 0 bridgehead atoms. The van der Waals surface area contributed by atoms with Crippen molar-refractivity contribution in [3.63, 3.8) is 0 Å². The molecule has 0 amide bonds. The zero-order chi connectivity index (χ0) is 29.6. The molecule has 22 nitrogen and oxygen atoms in total. The molecular formula is C15H28N5O17P3. The maximum absolute atomic E-state index is 12.3. The number of rotatable bonds is 11. The number of phosphoric ester groups is 3. The van der Waals surface area contributed by atoms with Crippen LogP contribution in [0.2, 0.25) is 0 Å². The summed E-state index contributed by atoms with van der Waals surface area (Å²) >= 11 is 0. The highest BCUT2D eigenvalue weighted by Crippen LogP contribution is 2.61. The molecule has 1 aromatic heterocycles. The van der Waals surface area contributed by atoms with E-state index in [-0.39, 0.29) is 12.5 Å². The van der Waals surface area contributed by atoms with Crippen LogP contribution in [0.1, 0.15) is 18.1 Å². The Morgan fingerprint density at radius 3 is 2.12 bits per heavy atom. The van der Waals surface area contributed by atoms with Crippen LogP contribution in [0, 0.1) is 0 Å². The smallest absolute Gasteiger partial charge is 0.387 e. The molecule has 0 aliphatic carbocycles. The summed E-state index contributed by atoms with van der Waals surface area (Å²) in [6, 6.07) is 0. The van der Waals surface area contributed by atoms with Gasteiger partial charge in [-0.05, 0) is 0 Å². The number of nitrogens with one attached hydrogen (secondary N) is 2. The van der Waals surface area contributed by atoms with Crippen molar-refractivity contribution in [3.05, 3.63) is 12.0 Å². The molecule has 11 atom stereocenters. The van der Waals surface area contributed by atoms with Crippen molar-refractivity contribution in [1.82, 2.24) is 14.9 Å². The molecule has 40 heavy (non-hydrogen) atoms. The average molecular weight is 643 g/mol. The van der Waals surface area contributed by atoms with Crippen LogP contribution in [0.3, 0.4) is 0 Å². The van der Waals surface area contributed by atoms with Crippen molar-refractivity contribution in [2.75, 3.05) is 25.2 Å². The predicted octanol–water partition coefficient (Wildman–Crippen LogP) is -3.76. The number of fused-ring (bicyclic) bond motifs is 1. The van der Waals surface area contributed by atoms with Crippen LogP contribution in [0.15, 0.2) is 6.33 Å². The van der Waals surface area contributed by atoms with Crippen LogP contribution in [0.25, 0.3) is 0 Å². The first kappa shape index (κ1) is 32.0. The fraction of sp³-hybridized carbons (Fsp3) is 0.800. The van der Waals surface area contributed by atoms with Gasteiger partial charge in [-0.3, -0.25) is 23.5 Å². The van der Waals surface area contributed by atoms with Gasteiger partial charge in [0.25, 0.3) is 0 Å². The Labute approximate surface area is 224 Å². The second-order valence-electron chi connectivity index (χ2n) is 8.69. The predicted molar refractivity (Wildman–Crippen MR) is 123 cm³/mol. The second-order valence-corrected chi connectivity index (χ2v) is 12.9. The Balaban J connectivity index is 1.40. The molecule has 2 fully saturated rings. The zero-order valence-electron chi connectivity index (χ0n) is 20.0. The van der Waals surface area contributed by atoms with Gasteiger partial charge in [0, 0.05) is 0 Å². The van der Waals surface area contributed by atoms with Crippen molar-refractivity contribution in [2.24, 2.45) is 5.73 Å². The summed E-state index contributed by atoms with van der Waals surface area (Å²) in [7, 11) is -16.0. The van der Waals surface area contributed by atoms with E-state index in [1.165, 1.54) is 10.9 Å². The normalized spacial score (nSPS) is 37.5. The maximum Gasteiger partial charge on any atom is 0.481 e. The number of hydrogen-bond acceptors (Lipinski definition) is 17. The fourth-order valence-corrected chi connectivity index (χ4v) is 6.69. The number of aliphatic hydroxyl groups excluding tert-OH is 4. The molecule has 0 radical (unpaired) electrons. The van der Waals surface area contributed by atoms with Crippen LogP contribution in [0.4, 0.5) is 5.82 Å². The summed E-state index contributed by atoms with van der Waals surface area (Å²) in [4.78, 5) is 42.4. The number of aliphatic hydroxyl groups is 4. The molecule has 11 unspecified atom stereocenters. The number of anilines is 1. The van der Waals surface area contributed by atoms with Crippen molar-refractivity contribution in [1.29, 1.82) is 0 Å². The van der Waals surface area contributed by atoms with E-state index >= 15 is 0 Å². The van der Waals surface area contributed by atoms with Gasteiger partial charge in [0.1, 0.15) is 54.3 Å². The zero-order valence-corrected chi connectivity index (χ0v) is 22.6. The van der Waals surface area contributed by atoms with Gasteiger partial charge in [0.2, 0.25) is 0 Å². The lowest BCUT2D eigenvalue weighted by molar-refractivity contribution is -0.132.